The van der Waals surface area contributed by atoms with E-state index in [0.717, 1.165) is 5.56 Å². The predicted molar refractivity (Wildman–Crippen MR) is 96.9 cm³/mol. The average molecular weight is 349 g/mol. The molecule has 2 aromatic rings. The minimum Gasteiger partial charge on any atom is -0.497 e. The van der Waals surface area contributed by atoms with Crippen LogP contribution in [-0.2, 0) is 5.88 Å². The van der Waals surface area contributed by atoms with Crippen LogP contribution in [0.25, 0.3) is 11.1 Å². The van der Waals surface area contributed by atoms with Crippen LogP contribution < -0.4 is 4.74 Å². The van der Waals surface area contributed by atoms with Crippen LogP contribution in [0, 0.1) is 11.2 Å². The highest BCUT2D eigenvalue weighted by Gasteiger charge is 2.29. The number of benzene rings is 2. The normalized spacial score (nSPS) is 12.8. The third-order valence-electron chi connectivity index (χ3n) is 4.26. The van der Waals surface area contributed by atoms with E-state index in [1.807, 2.05) is 26.0 Å². The fourth-order valence-corrected chi connectivity index (χ4v) is 2.68. The molecule has 1 N–H and O–H groups in total. The van der Waals surface area contributed by atoms with Gasteiger partial charge in [-0.15, -0.1) is 18.2 Å². The maximum Gasteiger partial charge on any atom is 0.131 e. The summed E-state index contributed by atoms with van der Waals surface area (Å²) in [5.74, 6) is 0.491. The number of methoxy groups -OCH3 is 1. The van der Waals surface area contributed by atoms with Crippen molar-refractivity contribution in [3.8, 4) is 16.9 Å². The molecule has 1 atom stereocenters. The van der Waals surface area contributed by atoms with Crippen molar-refractivity contribution >= 4 is 11.6 Å². The highest BCUT2D eigenvalue weighted by molar-refractivity contribution is 6.17. The molecule has 0 aliphatic carbocycles. The van der Waals surface area contributed by atoms with Crippen molar-refractivity contribution in [2.24, 2.45) is 5.41 Å². The van der Waals surface area contributed by atoms with Gasteiger partial charge in [0.05, 0.1) is 13.2 Å². The summed E-state index contributed by atoms with van der Waals surface area (Å²) in [6.45, 7) is 7.55. The quantitative estimate of drug-likeness (QED) is 0.552. The van der Waals surface area contributed by atoms with Gasteiger partial charge in [-0.1, -0.05) is 38.1 Å². The molecular formula is C20H22ClFO2. The zero-order valence-electron chi connectivity index (χ0n) is 14.1. The Morgan fingerprint density at radius 1 is 1.25 bits per heavy atom. The first-order valence-electron chi connectivity index (χ1n) is 7.68. The van der Waals surface area contributed by atoms with Crippen molar-refractivity contribution in [1.29, 1.82) is 0 Å². The molecule has 4 heteroatoms. The Hall–Kier alpha value is -1.84. The molecule has 0 aromatic heterocycles. The molecule has 2 rings (SSSR count). The van der Waals surface area contributed by atoms with Gasteiger partial charge in [0.25, 0.3) is 0 Å². The summed E-state index contributed by atoms with van der Waals surface area (Å²) in [7, 11) is 1.53. The van der Waals surface area contributed by atoms with Gasteiger partial charge in [-0.3, -0.25) is 0 Å². The minimum absolute atomic E-state index is 0.315. The van der Waals surface area contributed by atoms with Crippen LogP contribution in [0.1, 0.15) is 31.1 Å². The standard InChI is InChI=1S/C20H22ClFO2/c1-5-20(2,3)19(23)17-10-13(12-21)6-8-15(17)16-11-14(24-4)7-9-18(16)22/h5-11,19,23H,1,12H2,2-4H3/t19-/m1/s1. The van der Waals surface area contributed by atoms with Crippen molar-refractivity contribution in [3.63, 3.8) is 0 Å². The number of aliphatic hydroxyl groups is 1. The fraction of sp³-hybridized carbons (Fsp3) is 0.300. The Morgan fingerprint density at radius 3 is 2.54 bits per heavy atom. The zero-order chi connectivity index (χ0) is 17.9. The SMILES string of the molecule is C=CC(C)(C)[C@H](O)c1cc(CCl)ccc1-c1cc(OC)ccc1F. The first-order valence-corrected chi connectivity index (χ1v) is 8.22. The van der Waals surface area contributed by atoms with Crippen LogP contribution >= 0.6 is 11.6 Å². The van der Waals surface area contributed by atoms with Crippen LogP contribution in [0.4, 0.5) is 4.39 Å². The molecule has 0 aliphatic rings. The van der Waals surface area contributed by atoms with Crippen molar-refractivity contribution < 1.29 is 14.2 Å². The Morgan fingerprint density at radius 2 is 1.96 bits per heavy atom. The number of rotatable bonds is 6. The Labute approximate surface area is 147 Å². The van der Waals surface area contributed by atoms with Crippen molar-refractivity contribution in [2.45, 2.75) is 25.8 Å². The third-order valence-corrected chi connectivity index (χ3v) is 4.57. The van der Waals surface area contributed by atoms with Gasteiger partial charge in [0.15, 0.2) is 0 Å². The first-order chi connectivity index (χ1) is 11.3. The number of hydrogen-bond donors (Lipinski definition) is 1. The van der Waals surface area contributed by atoms with E-state index in [4.69, 9.17) is 16.3 Å². The summed E-state index contributed by atoms with van der Waals surface area (Å²) >= 11 is 5.93. The van der Waals surface area contributed by atoms with E-state index in [0.29, 0.717) is 28.3 Å². The topological polar surface area (TPSA) is 29.5 Å². The lowest BCUT2D eigenvalue weighted by atomic mass is 9.80. The van der Waals surface area contributed by atoms with E-state index in [2.05, 4.69) is 6.58 Å². The summed E-state index contributed by atoms with van der Waals surface area (Å²) in [6.07, 6.45) is 0.843. The van der Waals surface area contributed by atoms with E-state index in [1.54, 1.807) is 24.3 Å². The molecule has 0 bridgehead atoms. The van der Waals surface area contributed by atoms with Gasteiger partial charge in [0.2, 0.25) is 0 Å². The van der Waals surface area contributed by atoms with Crippen molar-refractivity contribution in [2.75, 3.05) is 7.11 Å². The smallest absolute Gasteiger partial charge is 0.131 e. The predicted octanol–water partition coefficient (Wildman–Crippen LogP) is 5.49. The second-order valence-corrected chi connectivity index (χ2v) is 6.60. The molecule has 0 saturated carbocycles. The van der Waals surface area contributed by atoms with E-state index in [9.17, 15) is 9.50 Å². The molecule has 0 aliphatic heterocycles. The number of halogens is 2. The van der Waals surface area contributed by atoms with Gasteiger partial charge in [0.1, 0.15) is 11.6 Å². The summed E-state index contributed by atoms with van der Waals surface area (Å²) in [6, 6.07) is 9.99. The molecule has 0 fully saturated rings. The van der Waals surface area contributed by atoms with Crippen LogP contribution in [0.2, 0.25) is 0 Å². The van der Waals surface area contributed by atoms with E-state index >= 15 is 0 Å². The molecule has 2 aromatic carbocycles. The second-order valence-electron chi connectivity index (χ2n) is 6.33. The molecule has 0 amide bonds. The molecule has 24 heavy (non-hydrogen) atoms. The maximum absolute atomic E-state index is 14.4. The van der Waals surface area contributed by atoms with Crippen molar-refractivity contribution in [1.82, 2.24) is 0 Å². The maximum atomic E-state index is 14.4. The molecule has 0 radical (unpaired) electrons. The monoisotopic (exact) mass is 348 g/mol. The Bertz CT molecular complexity index is 740. The molecule has 0 saturated heterocycles. The Balaban J connectivity index is 2.69. The highest BCUT2D eigenvalue weighted by atomic mass is 35.5. The van der Waals surface area contributed by atoms with Crippen LogP contribution in [0.3, 0.4) is 0 Å². The second kappa shape index (κ2) is 7.37. The molecule has 0 unspecified atom stereocenters. The molecular weight excluding hydrogens is 327 g/mol. The number of aliphatic hydroxyl groups excluding tert-OH is 1. The summed E-state index contributed by atoms with van der Waals surface area (Å²) < 4.78 is 19.6. The Kier molecular flexibility index (Phi) is 5.68. The van der Waals surface area contributed by atoms with Gasteiger partial charge in [0, 0.05) is 16.9 Å². The van der Waals surface area contributed by atoms with Crippen molar-refractivity contribution in [3.05, 3.63) is 66.0 Å². The number of alkyl halides is 1. The minimum atomic E-state index is -0.848. The van der Waals surface area contributed by atoms with E-state index in [-0.39, 0.29) is 5.82 Å². The number of hydrogen-bond acceptors (Lipinski definition) is 2. The molecule has 0 spiro atoms. The largest absolute Gasteiger partial charge is 0.497 e. The van der Waals surface area contributed by atoms with Crippen LogP contribution in [0.15, 0.2) is 49.1 Å². The lowest BCUT2D eigenvalue weighted by Gasteiger charge is -2.29. The number of ether oxygens (including phenoxy) is 1. The zero-order valence-corrected chi connectivity index (χ0v) is 14.9. The van der Waals surface area contributed by atoms with Crippen LogP contribution in [-0.4, -0.2) is 12.2 Å². The van der Waals surface area contributed by atoms with E-state index in [1.165, 1.54) is 13.2 Å². The molecule has 128 valence electrons. The summed E-state index contributed by atoms with van der Waals surface area (Å²) in [5, 5.41) is 10.9. The highest BCUT2D eigenvalue weighted by Crippen LogP contribution is 2.41. The summed E-state index contributed by atoms with van der Waals surface area (Å²) in [4.78, 5) is 0. The summed E-state index contributed by atoms with van der Waals surface area (Å²) in [5.41, 5.74) is 1.89. The first kappa shape index (κ1) is 18.5. The van der Waals surface area contributed by atoms with Gasteiger partial charge < -0.3 is 9.84 Å². The fourth-order valence-electron chi connectivity index (χ4n) is 2.52. The van der Waals surface area contributed by atoms with Gasteiger partial charge >= 0.3 is 0 Å². The van der Waals surface area contributed by atoms with Gasteiger partial charge in [-0.2, -0.15) is 0 Å². The lowest BCUT2D eigenvalue weighted by molar-refractivity contribution is 0.0826. The van der Waals surface area contributed by atoms with Gasteiger partial charge in [-0.25, -0.2) is 4.39 Å². The average Bonchev–Trinajstić information content (AvgIpc) is 2.61. The van der Waals surface area contributed by atoms with E-state index < -0.39 is 11.5 Å². The third kappa shape index (κ3) is 3.63. The van der Waals surface area contributed by atoms with Gasteiger partial charge in [-0.05, 0) is 34.9 Å². The lowest BCUT2D eigenvalue weighted by Crippen LogP contribution is -2.20. The molecule has 0 heterocycles. The molecule has 2 nitrogen and oxygen atoms in total. The van der Waals surface area contributed by atoms with Crippen LogP contribution in [0.5, 0.6) is 5.75 Å².